The van der Waals surface area contributed by atoms with E-state index in [-0.39, 0.29) is 12.3 Å². The average molecular weight is 371 g/mol. The number of aromatic nitrogens is 1. The van der Waals surface area contributed by atoms with Crippen LogP contribution in [0.4, 0.5) is 0 Å². The minimum Gasteiger partial charge on any atom is -0.496 e. The van der Waals surface area contributed by atoms with Gasteiger partial charge in [0.15, 0.2) is 0 Å². The molecule has 27 heavy (non-hydrogen) atoms. The summed E-state index contributed by atoms with van der Waals surface area (Å²) in [5.74, 6) is -0.944. The van der Waals surface area contributed by atoms with Crippen molar-refractivity contribution in [3.05, 3.63) is 36.0 Å². The number of ether oxygens (including phenoxy) is 2. The second kappa shape index (κ2) is 8.03. The molecule has 0 bridgehead atoms. The molecule has 8 heteroatoms. The van der Waals surface area contributed by atoms with Gasteiger partial charge in [0.05, 0.1) is 19.2 Å². The predicted octanol–water partition coefficient (Wildman–Crippen LogP) is 1.79. The molecule has 0 atom stereocenters. The van der Waals surface area contributed by atoms with E-state index in [1.54, 1.807) is 19.1 Å². The number of hydrogen-bond acceptors (Lipinski definition) is 6. The summed E-state index contributed by atoms with van der Waals surface area (Å²) in [5, 5.41) is 3.42. The van der Waals surface area contributed by atoms with Crippen LogP contribution in [0, 0.1) is 0 Å². The fraction of sp³-hybridized carbons (Fsp3) is 0.368. The van der Waals surface area contributed by atoms with Gasteiger partial charge in [-0.2, -0.15) is 0 Å². The summed E-state index contributed by atoms with van der Waals surface area (Å²) in [5.41, 5.74) is 0.810. The molecule has 0 radical (unpaired) electrons. The van der Waals surface area contributed by atoms with E-state index in [4.69, 9.17) is 9.47 Å². The van der Waals surface area contributed by atoms with Gasteiger partial charge >= 0.3 is 5.97 Å². The van der Waals surface area contributed by atoms with Gasteiger partial charge in [-0.25, -0.2) is 9.99 Å². The smallest absolute Gasteiger partial charge is 0.315 e. The van der Waals surface area contributed by atoms with Gasteiger partial charge in [0.2, 0.25) is 0 Å². The number of hydrogen-bond donors (Lipinski definition) is 0. The summed E-state index contributed by atoms with van der Waals surface area (Å²) >= 11 is 0. The summed E-state index contributed by atoms with van der Waals surface area (Å²) in [6.45, 7) is 2.63. The Bertz CT molecular complexity index is 883. The second-order valence-corrected chi connectivity index (χ2v) is 6.01. The molecular weight excluding hydrogens is 350 g/mol. The average Bonchev–Trinajstić information content (AvgIpc) is 3.16. The first kappa shape index (κ1) is 18.6. The Labute approximate surface area is 156 Å². The SMILES string of the molecule is CCOC(=O)CC(=O)N1CCCN1C(=O)c1cc(OC)c2ccccc2n1. The number of methoxy groups -OCH3 is 1. The van der Waals surface area contributed by atoms with Crippen LogP contribution in [0.1, 0.15) is 30.3 Å². The molecule has 1 fully saturated rings. The molecule has 0 aliphatic carbocycles. The van der Waals surface area contributed by atoms with Crippen LogP contribution in [0.15, 0.2) is 30.3 Å². The Morgan fingerprint density at radius 3 is 2.63 bits per heavy atom. The molecule has 1 aromatic heterocycles. The van der Waals surface area contributed by atoms with Crippen LogP contribution in [0.3, 0.4) is 0 Å². The molecule has 2 amide bonds. The van der Waals surface area contributed by atoms with Crippen molar-refractivity contribution in [3.63, 3.8) is 0 Å². The summed E-state index contributed by atoms with van der Waals surface area (Å²) in [6.07, 6.45) is 0.233. The van der Waals surface area contributed by atoms with E-state index in [0.29, 0.717) is 30.8 Å². The van der Waals surface area contributed by atoms with Gasteiger partial charge in [-0.1, -0.05) is 12.1 Å². The molecule has 2 aromatic rings. The first-order valence-corrected chi connectivity index (χ1v) is 8.76. The molecule has 2 heterocycles. The third kappa shape index (κ3) is 3.84. The summed E-state index contributed by atoms with van der Waals surface area (Å²) in [4.78, 5) is 41.4. The van der Waals surface area contributed by atoms with Crippen LogP contribution in [0.5, 0.6) is 5.75 Å². The second-order valence-electron chi connectivity index (χ2n) is 6.01. The summed E-state index contributed by atoms with van der Waals surface area (Å²) in [6, 6.07) is 8.91. The standard InChI is InChI=1S/C19H21N3O5/c1-3-27-18(24)12-17(23)21-9-6-10-22(21)19(25)15-11-16(26-2)13-7-4-5-8-14(13)20-15/h4-5,7-8,11H,3,6,9-10,12H2,1-2H3. The minimum atomic E-state index is -0.604. The molecular formula is C19H21N3O5. The number of pyridine rings is 1. The number of esters is 1. The van der Waals surface area contributed by atoms with Gasteiger partial charge in [-0.05, 0) is 25.5 Å². The summed E-state index contributed by atoms with van der Waals surface area (Å²) in [7, 11) is 1.53. The number of hydrazine groups is 1. The van der Waals surface area contributed by atoms with Crippen LogP contribution in [0.2, 0.25) is 0 Å². The van der Waals surface area contributed by atoms with E-state index in [9.17, 15) is 14.4 Å². The molecule has 0 spiro atoms. The van der Waals surface area contributed by atoms with E-state index in [1.807, 2.05) is 18.2 Å². The van der Waals surface area contributed by atoms with Crippen molar-refractivity contribution < 1.29 is 23.9 Å². The van der Waals surface area contributed by atoms with Crippen LogP contribution in [-0.4, -0.2) is 59.6 Å². The van der Waals surface area contributed by atoms with E-state index in [2.05, 4.69) is 4.98 Å². The highest BCUT2D eigenvalue weighted by molar-refractivity contribution is 6.00. The van der Waals surface area contributed by atoms with Crippen molar-refractivity contribution in [3.8, 4) is 5.75 Å². The number of rotatable bonds is 5. The summed E-state index contributed by atoms with van der Waals surface area (Å²) < 4.78 is 10.2. The van der Waals surface area contributed by atoms with E-state index < -0.39 is 24.2 Å². The zero-order chi connectivity index (χ0) is 19.4. The predicted molar refractivity (Wildman–Crippen MR) is 96.9 cm³/mol. The highest BCUT2D eigenvalue weighted by Gasteiger charge is 2.33. The van der Waals surface area contributed by atoms with Crippen molar-refractivity contribution in [2.75, 3.05) is 26.8 Å². The van der Waals surface area contributed by atoms with Crippen LogP contribution >= 0.6 is 0 Å². The number of amides is 2. The third-order valence-electron chi connectivity index (χ3n) is 4.27. The molecule has 0 N–H and O–H groups in total. The lowest BCUT2D eigenvalue weighted by atomic mass is 10.1. The van der Waals surface area contributed by atoms with Crippen LogP contribution < -0.4 is 4.74 Å². The Balaban J connectivity index is 1.85. The van der Waals surface area contributed by atoms with Crippen molar-refractivity contribution in [1.82, 2.24) is 15.0 Å². The highest BCUT2D eigenvalue weighted by atomic mass is 16.5. The van der Waals surface area contributed by atoms with E-state index >= 15 is 0 Å². The van der Waals surface area contributed by atoms with Gasteiger partial charge < -0.3 is 9.47 Å². The number of fused-ring (bicyclic) bond motifs is 1. The lowest BCUT2D eigenvalue weighted by Gasteiger charge is -2.27. The fourth-order valence-electron chi connectivity index (χ4n) is 3.06. The van der Waals surface area contributed by atoms with Crippen LogP contribution in [-0.2, 0) is 14.3 Å². The number of nitrogens with zero attached hydrogens (tertiary/aromatic N) is 3. The largest absolute Gasteiger partial charge is 0.496 e. The van der Waals surface area contributed by atoms with Crippen molar-refractivity contribution in [2.24, 2.45) is 0 Å². The fourth-order valence-corrected chi connectivity index (χ4v) is 3.06. The quantitative estimate of drug-likeness (QED) is 0.588. The van der Waals surface area contributed by atoms with Crippen LogP contribution in [0.25, 0.3) is 10.9 Å². The monoisotopic (exact) mass is 371 g/mol. The van der Waals surface area contributed by atoms with Gasteiger partial charge in [-0.3, -0.25) is 19.4 Å². The maximum absolute atomic E-state index is 13.0. The number of carbonyl (C=O) groups is 3. The van der Waals surface area contributed by atoms with Gasteiger partial charge in [0.25, 0.3) is 11.8 Å². The Morgan fingerprint density at radius 2 is 1.89 bits per heavy atom. The molecule has 0 saturated carbocycles. The van der Waals surface area contributed by atoms with Crippen molar-refractivity contribution >= 4 is 28.7 Å². The molecule has 1 aliphatic rings. The molecule has 3 rings (SSSR count). The third-order valence-corrected chi connectivity index (χ3v) is 4.27. The molecule has 1 aliphatic heterocycles. The molecule has 1 saturated heterocycles. The topological polar surface area (TPSA) is 89.0 Å². The van der Waals surface area contributed by atoms with E-state index in [0.717, 1.165) is 5.39 Å². The first-order valence-electron chi connectivity index (χ1n) is 8.76. The number of para-hydroxylation sites is 1. The van der Waals surface area contributed by atoms with Crippen molar-refractivity contribution in [1.29, 1.82) is 0 Å². The lowest BCUT2D eigenvalue weighted by Crippen LogP contribution is -2.45. The van der Waals surface area contributed by atoms with Gasteiger partial charge in [0.1, 0.15) is 17.9 Å². The maximum Gasteiger partial charge on any atom is 0.315 e. The normalized spacial score (nSPS) is 13.7. The van der Waals surface area contributed by atoms with Gasteiger partial charge in [-0.15, -0.1) is 0 Å². The highest BCUT2D eigenvalue weighted by Crippen LogP contribution is 2.26. The first-order chi connectivity index (χ1) is 13.0. The minimum absolute atomic E-state index is 0.182. The zero-order valence-corrected chi connectivity index (χ0v) is 15.3. The molecule has 142 valence electrons. The maximum atomic E-state index is 13.0. The lowest BCUT2D eigenvalue weighted by molar-refractivity contribution is -0.152. The van der Waals surface area contributed by atoms with Gasteiger partial charge in [0, 0.05) is 24.5 Å². The Hall–Kier alpha value is -3.16. The molecule has 0 unspecified atom stereocenters. The van der Waals surface area contributed by atoms with E-state index in [1.165, 1.54) is 17.1 Å². The molecule has 8 nitrogen and oxygen atoms in total. The Morgan fingerprint density at radius 1 is 1.15 bits per heavy atom. The molecule has 1 aromatic carbocycles. The van der Waals surface area contributed by atoms with Crippen molar-refractivity contribution in [2.45, 2.75) is 19.8 Å². The number of benzene rings is 1. The Kier molecular flexibility index (Phi) is 5.54. The number of carbonyl (C=O) groups excluding carboxylic acids is 3. The zero-order valence-electron chi connectivity index (χ0n) is 15.3.